The molecule has 0 amide bonds. The largest absolute Gasteiger partial charge is 0.456 e. The predicted molar refractivity (Wildman–Crippen MR) is 232 cm³/mol. The number of furan rings is 1. The summed E-state index contributed by atoms with van der Waals surface area (Å²) in [6.45, 7) is 0. The Labute approximate surface area is 329 Å². The highest BCUT2D eigenvalue weighted by Crippen LogP contribution is 2.45. The van der Waals surface area contributed by atoms with Crippen molar-refractivity contribution >= 4 is 75.3 Å². The molecule has 8 aromatic carbocycles. The predicted octanol–water partition coefficient (Wildman–Crippen LogP) is 13.8. The lowest BCUT2D eigenvalue weighted by Gasteiger charge is -2.14. The molecule has 12 aromatic rings. The van der Waals surface area contributed by atoms with Gasteiger partial charge in [0.1, 0.15) is 16.7 Å². The van der Waals surface area contributed by atoms with Gasteiger partial charge in [-0.2, -0.15) is 0 Å². The molecule has 0 bridgehead atoms. The fourth-order valence-electron chi connectivity index (χ4n) is 8.20. The molecule has 0 spiro atoms. The van der Waals surface area contributed by atoms with Crippen LogP contribution in [-0.4, -0.2) is 19.9 Å². The Hall–Kier alpha value is -7.48. The Morgan fingerprint density at radius 3 is 1.81 bits per heavy atom. The van der Waals surface area contributed by atoms with Crippen LogP contribution in [0, 0.1) is 0 Å². The molecule has 0 aliphatic rings. The van der Waals surface area contributed by atoms with E-state index in [1.807, 2.05) is 91.0 Å². The molecule has 0 atom stereocenters. The molecule has 0 saturated carbocycles. The van der Waals surface area contributed by atoms with Gasteiger partial charge in [0, 0.05) is 59.3 Å². The van der Waals surface area contributed by atoms with Gasteiger partial charge in [-0.25, -0.2) is 19.9 Å². The molecule has 57 heavy (non-hydrogen) atoms. The van der Waals surface area contributed by atoms with Crippen molar-refractivity contribution in [1.82, 2.24) is 19.9 Å². The first-order valence-electron chi connectivity index (χ1n) is 18.8. The van der Waals surface area contributed by atoms with Crippen LogP contribution in [0.15, 0.2) is 179 Å². The van der Waals surface area contributed by atoms with E-state index < -0.39 is 0 Å². The topological polar surface area (TPSA) is 77.8 Å². The zero-order valence-corrected chi connectivity index (χ0v) is 31.0. The van der Waals surface area contributed by atoms with Gasteiger partial charge in [-0.05, 0) is 64.4 Å². The smallest absolute Gasteiger partial charge is 0.227 e. The van der Waals surface area contributed by atoms with Gasteiger partial charge in [-0.15, -0.1) is 11.3 Å². The van der Waals surface area contributed by atoms with Crippen LogP contribution >= 0.6 is 11.3 Å². The van der Waals surface area contributed by atoms with Crippen molar-refractivity contribution in [2.24, 2.45) is 0 Å². The molecule has 0 aliphatic heterocycles. The number of oxazole rings is 1. The molecule has 266 valence electrons. The molecule has 0 radical (unpaired) electrons. The fourth-order valence-corrected chi connectivity index (χ4v) is 9.34. The molecular formula is C50H28N4O2S. The summed E-state index contributed by atoms with van der Waals surface area (Å²) in [7, 11) is 0. The lowest BCUT2D eigenvalue weighted by molar-refractivity contribution is 0.620. The number of thiophene rings is 1. The normalized spacial score (nSPS) is 11.9. The first-order chi connectivity index (χ1) is 28.2. The number of nitrogens with zero attached hydrogens (tertiary/aromatic N) is 4. The molecule has 4 heterocycles. The van der Waals surface area contributed by atoms with E-state index >= 15 is 0 Å². The van der Waals surface area contributed by atoms with E-state index in [1.54, 1.807) is 11.3 Å². The van der Waals surface area contributed by atoms with Crippen molar-refractivity contribution in [3.8, 4) is 56.7 Å². The minimum absolute atomic E-state index is 0.591. The van der Waals surface area contributed by atoms with Crippen LogP contribution in [0.4, 0.5) is 0 Å². The third kappa shape index (κ3) is 5.10. The van der Waals surface area contributed by atoms with Gasteiger partial charge in [0.2, 0.25) is 5.89 Å². The number of hydrogen-bond acceptors (Lipinski definition) is 7. The lowest BCUT2D eigenvalue weighted by Crippen LogP contribution is -2.01. The van der Waals surface area contributed by atoms with Crippen LogP contribution in [-0.2, 0) is 0 Å². The van der Waals surface area contributed by atoms with Gasteiger partial charge in [0.15, 0.2) is 23.1 Å². The zero-order valence-electron chi connectivity index (χ0n) is 30.2. The van der Waals surface area contributed by atoms with Crippen LogP contribution in [0.5, 0.6) is 0 Å². The van der Waals surface area contributed by atoms with E-state index in [-0.39, 0.29) is 0 Å². The molecule has 0 N–H and O–H groups in total. The summed E-state index contributed by atoms with van der Waals surface area (Å²) in [4.78, 5) is 20.4. The molecule has 0 aliphatic carbocycles. The first-order valence-corrected chi connectivity index (χ1v) is 19.6. The van der Waals surface area contributed by atoms with Gasteiger partial charge in [-0.1, -0.05) is 121 Å². The number of rotatable bonds is 5. The van der Waals surface area contributed by atoms with Crippen molar-refractivity contribution in [2.75, 3.05) is 0 Å². The summed E-state index contributed by atoms with van der Waals surface area (Å²) in [5.74, 6) is 2.43. The van der Waals surface area contributed by atoms with E-state index in [0.29, 0.717) is 23.4 Å². The van der Waals surface area contributed by atoms with Gasteiger partial charge in [-0.3, -0.25) is 0 Å². The summed E-state index contributed by atoms with van der Waals surface area (Å²) in [6.07, 6.45) is 0. The van der Waals surface area contributed by atoms with Crippen LogP contribution < -0.4 is 0 Å². The van der Waals surface area contributed by atoms with Crippen LogP contribution in [0.25, 0.3) is 121 Å². The van der Waals surface area contributed by atoms with Crippen LogP contribution in [0.3, 0.4) is 0 Å². The second kappa shape index (κ2) is 12.5. The molecule has 0 unspecified atom stereocenters. The molecular weight excluding hydrogens is 721 g/mol. The second-order valence-corrected chi connectivity index (χ2v) is 15.2. The molecule has 4 aromatic heterocycles. The van der Waals surface area contributed by atoms with Gasteiger partial charge < -0.3 is 8.83 Å². The van der Waals surface area contributed by atoms with Crippen molar-refractivity contribution in [3.05, 3.63) is 170 Å². The summed E-state index contributed by atoms with van der Waals surface area (Å²) in [5.41, 5.74) is 9.25. The third-order valence-corrected chi connectivity index (χ3v) is 11.9. The molecule has 12 rings (SSSR count). The number of fused-ring (bicyclic) bond motifs is 8. The van der Waals surface area contributed by atoms with Gasteiger partial charge in [0.05, 0.1) is 0 Å². The summed E-state index contributed by atoms with van der Waals surface area (Å²) in [5, 5.41) is 6.55. The Balaban J connectivity index is 1.06. The van der Waals surface area contributed by atoms with E-state index in [9.17, 15) is 0 Å². The Bertz CT molecular complexity index is 3530. The maximum Gasteiger partial charge on any atom is 0.227 e. The first kappa shape index (κ1) is 31.8. The highest BCUT2D eigenvalue weighted by atomic mass is 32.1. The highest BCUT2D eigenvalue weighted by Gasteiger charge is 2.21. The molecule has 0 fully saturated rings. The number of para-hydroxylation sites is 1. The standard InChI is InChI=1S/C50H28N4O2S/c1-3-13-29(14-4-1)47-52-48(54-49(53-47)37-21-11-23-41-45(37)36-19-9-10-22-40(36)55-41)35-26-25-33(31-17-7-8-18-32(31)35)34-20-12-24-43-46(34)38-27-39-42(28-44(38)57-43)56-50(51-39)30-15-5-2-6-16-30/h1-28H. The number of aromatic nitrogens is 4. The van der Waals surface area contributed by atoms with E-state index in [0.717, 1.165) is 87.3 Å². The monoisotopic (exact) mass is 748 g/mol. The highest BCUT2D eigenvalue weighted by molar-refractivity contribution is 7.26. The Morgan fingerprint density at radius 2 is 0.982 bits per heavy atom. The van der Waals surface area contributed by atoms with E-state index in [4.69, 9.17) is 28.8 Å². The minimum Gasteiger partial charge on any atom is -0.456 e. The lowest BCUT2D eigenvalue weighted by atomic mass is 9.92. The maximum absolute atomic E-state index is 6.27. The van der Waals surface area contributed by atoms with Gasteiger partial charge >= 0.3 is 0 Å². The van der Waals surface area contributed by atoms with Crippen molar-refractivity contribution in [3.63, 3.8) is 0 Å². The van der Waals surface area contributed by atoms with E-state index in [2.05, 4.69) is 78.9 Å². The third-order valence-electron chi connectivity index (χ3n) is 10.8. The molecule has 0 saturated heterocycles. The second-order valence-electron chi connectivity index (χ2n) is 14.1. The van der Waals surface area contributed by atoms with Crippen molar-refractivity contribution in [1.29, 1.82) is 0 Å². The number of benzene rings is 8. The van der Waals surface area contributed by atoms with E-state index in [1.165, 1.54) is 10.1 Å². The SMILES string of the molecule is c1ccc(-c2nc(-c3ccc(-c4cccc5sc6cc7oc(-c8ccccc8)nc7cc6c45)c4ccccc34)nc(-c3cccc4oc5ccccc5c34)n2)cc1. The summed E-state index contributed by atoms with van der Waals surface area (Å²) in [6, 6.07) is 58.2. The Kier molecular flexibility index (Phi) is 7.00. The quantitative estimate of drug-likeness (QED) is 0.174. The van der Waals surface area contributed by atoms with Gasteiger partial charge in [0.25, 0.3) is 0 Å². The zero-order chi connectivity index (χ0) is 37.5. The fraction of sp³-hybridized carbons (Fsp3) is 0. The van der Waals surface area contributed by atoms with Crippen molar-refractivity contribution < 1.29 is 8.83 Å². The maximum atomic E-state index is 6.27. The average molecular weight is 749 g/mol. The summed E-state index contributed by atoms with van der Waals surface area (Å²) >= 11 is 1.78. The summed E-state index contributed by atoms with van der Waals surface area (Å²) < 4.78 is 14.9. The van der Waals surface area contributed by atoms with Crippen LogP contribution in [0.2, 0.25) is 0 Å². The Morgan fingerprint density at radius 1 is 0.351 bits per heavy atom. The van der Waals surface area contributed by atoms with Crippen molar-refractivity contribution in [2.45, 2.75) is 0 Å². The molecule has 6 nitrogen and oxygen atoms in total. The molecule has 7 heteroatoms. The minimum atomic E-state index is 0.591. The average Bonchev–Trinajstić information content (AvgIpc) is 3.98. The van der Waals surface area contributed by atoms with Crippen LogP contribution in [0.1, 0.15) is 0 Å². The number of hydrogen-bond donors (Lipinski definition) is 0.